The fraction of sp³-hybridized carbons (Fsp3) is 0.950. The van der Waals surface area contributed by atoms with Crippen LogP contribution >= 0.6 is 0 Å². The second-order valence-corrected chi connectivity index (χ2v) is 8.58. The Morgan fingerprint density at radius 1 is 1.16 bits per heavy atom. The summed E-state index contributed by atoms with van der Waals surface area (Å²) < 4.78 is 6.10. The predicted octanol–water partition coefficient (Wildman–Crippen LogP) is 2.87. The molecular formula is C20H40N4O. The lowest BCUT2D eigenvalue weighted by molar-refractivity contribution is -0.0823. The zero-order chi connectivity index (χ0) is 18.3. The van der Waals surface area contributed by atoms with Crippen LogP contribution in [0.4, 0.5) is 0 Å². The summed E-state index contributed by atoms with van der Waals surface area (Å²) in [6.07, 6.45) is 5.29. The number of nitrogens with zero attached hydrogens (tertiary/aromatic N) is 2. The third kappa shape index (κ3) is 6.14. The zero-order valence-electron chi connectivity index (χ0n) is 17.1. The topological polar surface area (TPSA) is 48.9 Å². The SMILES string of the molecule is CCNC(=NCC1CCCOC1C(C)(C)C)NCC1CCCN1CC. The van der Waals surface area contributed by atoms with E-state index in [1.807, 2.05) is 0 Å². The van der Waals surface area contributed by atoms with Crippen molar-refractivity contribution < 1.29 is 4.74 Å². The number of aliphatic imine (C=N–C) groups is 1. The molecule has 2 heterocycles. The monoisotopic (exact) mass is 352 g/mol. The fourth-order valence-corrected chi connectivity index (χ4v) is 4.29. The van der Waals surface area contributed by atoms with Crippen molar-refractivity contribution in [2.75, 3.05) is 39.3 Å². The summed E-state index contributed by atoms with van der Waals surface area (Å²) in [4.78, 5) is 7.48. The van der Waals surface area contributed by atoms with Crippen molar-refractivity contribution in [3.8, 4) is 0 Å². The van der Waals surface area contributed by atoms with Gasteiger partial charge >= 0.3 is 0 Å². The van der Waals surface area contributed by atoms with Crippen LogP contribution in [0.1, 0.15) is 60.3 Å². The van der Waals surface area contributed by atoms with Crippen LogP contribution in [0.15, 0.2) is 4.99 Å². The van der Waals surface area contributed by atoms with Gasteiger partial charge in [-0.3, -0.25) is 9.89 Å². The van der Waals surface area contributed by atoms with Crippen molar-refractivity contribution in [1.29, 1.82) is 0 Å². The zero-order valence-corrected chi connectivity index (χ0v) is 17.1. The van der Waals surface area contributed by atoms with Crippen LogP contribution in [-0.4, -0.2) is 62.3 Å². The first kappa shape index (κ1) is 20.5. The van der Waals surface area contributed by atoms with E-state index < -0.39 is 0 Å². The quantitative estimate of drug-likeness (QED) is 0.570. The predicted molar refractivity (Wildman–Crippen MR) is 106 cm³/mol. The van der Waals surface area contributed by atoms with Gasteiger partial charge < -0.3 is 15.4 Å². The molecule has 0 amide bonds. The van der Waals surface area contributed by atoms with Gasteiger partial charge in [-0.2, -0.15) is 0 Å². The van der Waals surface area contributed by atoms with E-state index in [0.29, 0.717) is 18.1 Å². The number of guanidine groups is 1. The Labute approximate surface area is 155 Å². The Morgan fingerprint density at radius 2 is 1.96 bits per heavy atom. The summed E-state index contributed by atoms with van der Waals surface area (Å²) in [6, 6.07) is 0.647. The third-order valence-electron chi connectivity index (χ3n) is 5.54. The van der Waals surface area contributed by atoms with Gasteiger partial charge in [0.1, 0.15) is 0 Å². The molecule has 2 N–H and O–H groups in total. The van der Waals surface area contributed by atoms with Crippen molar-refractivity contribution in [1.82, 2.24) is 15.5 Å². The van der Waals surface area contributed by atoms with Gasteiger partial charge in [0.25, 0.3) is 0 Å². The molecule has 5 heteroatoms. The molecule has 3 atom stereocenters. The molecule has 0 spiro atoms. The smallest absolute Gasteiger partial charge is 0.191 e. The number of hydrogen-bond acceptors (Lipinski definition) is 3. The molecule has 0 aliphatic carbocycles. The molecule has 0 saturated carbocycles. The van der Waals surface area contributed by atoms with Crippen LogP contribution < -0.4 is 10.6 Å². The molecule has 0 aromatic carbocycles. The molecule has 0 aromatic rings. The summed E-state index contributed by atoms with van der Waals surface area (Å²) in [6.45, 7) is 17.2. The lowest BCUT2D eigenvalue weighted by atomic mass is 9.78. The number of ether oxygens (including phenoxy) is 1. The van der Waals surface area contributed by atoms with Gasteiger partial charge in [-0.1, -0.05) is 27.7 Å². The Balaban J connectivity index is 1.91. The average molecular weight is 353 g/mol. The molecule has 2 saturated heterocycles. The molecular weight excluding hydrogens is 312 g/mol. The summed E-state index contributed by atoms with van der Waals surface area (Å²) in [5.41, 5.74) is 0.178. The van der Waals surface area contributed by atoms with Crippen LogP contribution in [0.25, 0.3) is 0 Å². The molecule has 2 aliphatic heterocycles. The van der Waals surface area contributed by atoms with Gasteiger partial charge in [-0.25, -0.2) is 0 Å². The summed E-state index contributed by atoms with van der Waals surface area (Å²) in [7, 11) is 0. The molecule has 0 radical (unpaired) electrons. The molecule has 5 nitrogen and oxygen atoms in total. The highest BCUT2D eigenvalue weighted by atomic mass is 16.5. The lowest BCUT2D eigenvalue weighted by Crippen LogP contribution is -2.46. The van der Waals surface area contributed by atoms with Gasteiger partial charge in [-0.05, 0) is 51.1 Å². The van der Waals surface area contributed by atoms with Crippen molar-refractivity contribution in [3.63, 3.8) is 0 Å². The molecule has 0 bridgehead atoms. The molecule has 25 heavy (non-hydrogen) atoms. The van der Waals surface area contributed by atoms with E-state index in [1.54, 1.807) is 0 Å². The first-order chi connectivity index (χ1) is 12.0. The van der Waals surface area contributed by atoms with Crippen molar-refractivity contribution in [2.24, 2.45) is 16.3 Å². The molecule has 0 aromatic heterocycles. The maximum Gasteiger partial charge on any atom is 0.191 e. The highest BCUT2D eigenvalue weighted by Gasteiger charge is 2.35. The fourth-order valence-electron chi connectivity index (χ4n) is 4.29. The van der Waals surface area contributed by atoms with E-state index in [9.17, 15) is 0 Å². The number of nitrogens with one attached hydrogen (secondary N) is 2. The Hall–Kier alpha value is -0.810. The number of rotatable bonds is 6. The van der Waals surface area contributed by atoms with Gasteiger partial charge in [0.05, 0.1) is 6.10 Å². The van der Waals surface area contributed by atoms with Gasteiger partial charge in [0.15, 0.2) is 5.96 Å². The summed E-state index contributed by atoms with van der Waals surface area (Å²) in [5.74, 6) is 1.48. The van der Waals surface area contributed by atoms with E-state index in [0.717, 1.165) is 45.2 Å². The third-order valence-corrected chi connectivity index (χ3v) is 5.54. The standard InChI is InChI=1S/C20H40N4O/c1-6-21-19(23-15-17-11-8-12-24(17)7-2)22-14-16-10-9-13-25-18(16)20(3,4)5/h16-18H,6-15H2,1-5H3,(H2,21,22,23). The van der Waals surface area contributed by atoms with Crippen molar-refractivity contribution in [3.05, 3.63) is 0 Å². The van der Waals surface area contributed by atoms with Crippen molar-refractivity contribution >= 4 is 5.96 Å². The van der Waals surface area contributed by atoms with Crippen LogP contribution in [0.5, 0.6) is 0 Å². The van der Waals surface area contributed by atoms with Crippen LogP contribution in [-0.2, 0) is 4.74 Å². The van der Waals surface area contributed by atoms with Gasteiger partial charge in [-0.15, -0.1) is 0 Å². The van der Waals surface area contributed by atoms with Crippen LogP contribution in [0.2, 0.25) is 0 Å². The lowest BCUT2D eigenvalue weighted by Gasteiger charge is -2.39. The van der Waals surface area contributed by atoms with Crippen LogP contribution in [0.3, 0.4) is 0 Å². The number of likely N-dealkylation sites (N-methyl/N-ethyl adjacent to an activating group) is 1. The molecule has 2 aliphatic rings. The largest absolute Gasteiger partial charge is 0.377 e. The normalized spacial score (nSPS) is 29.0. The van der Waals surface area contributed by atoms with E-state index in [2.05, 4.69) is 50.2 Å². The number of likely N-dealkylation sites (tertiary alicyclic amines) is 1. The maximum atomic E-state index is 6.10. The molecule has 2 rings (SSSR count). The minimum absolute atomic E-state index is 0.178. The number of hydrogen-bond donors (Lipinski definition) is 2. The molecule has 146 valence electrons. The van der Waals surface area contributed by atoms with E-state index >= 15 is 0 Å². The average Bonchev–Trinajstić information content (AvgIpc) is 3.04. The second-order valence-electron chi connectivity index (χ2n) is 8.58. The molecule has 2 fully saturated rings. The molecule has 3 unspecified atom stereocenters. The minimum atomic E-state index is 0.178. The van der Waals surface area contributed by atoms with E-state index in [1.165, 1.54) is 25.8 Å². The Kier molecular flexibility index (Phi) is 8.01. The van der Waals surface area contributed by atoms with Crippen molar-refractivity contribution in [2.45, 2.75) is 72.4 Å². The first-order valence-corrected chi connectivity index (χ1v) is 10.3. The Bertz CT molecular complexity index is 418. The van der Waals surface area contributed by atoms with Gasteiger partial charge in [0, 0.05) is 38.2 Å². The van der Waals surface area contributed by atoms with Gasteiger partial charge in [0.2, 0.25) is 0 Å². The second kappa shape index (κ2) is 9.77. The van der Waals surface area contributed by atoms with E-state index in [-0.39, 0.29) is 5.41 Å². The highest BCUT2D eigenvalue weighted by Crippen LogP contribution is 2.34. The summed E-state index contributed by atoms with van der Waals surface area (Å²) >= 11 is 0. The Morgan fingerprint density at radius 3 is 2.64 bits per heavy atom. The first-order valence-electron chi connectivity index (χ1n) is 10.3. The minimum Gasteiger partial charge on any atom is -0.377 e. The maximum absolute atomic E-state index is 6.10. The highest BCUT2D eigenvalue weighted by molar-refractivity contribution is 5.79. The van der Waals surface area contributed by atoms with E-state index in [4.69, 9.17) is 9.73 Å². The summed E-state index contributed by atoms with van der Waals surface area (Å²) in [5, 5.41) is 6.99. The van der Waals surface area contributed by atoms with Crippen LogP contribution in [0, 0.1) is 11.3 Å².